The fourth-order valence-electron chi connectivity index (χ4n) is 3.40. The average Bonchev–Trinajstić information content (AvgIpc) is 3.13. The summed E-state index contributed by atoms with van der Waals surface area (Å²) in [5.74, 6) is 0.456. The second kappa shape index (κ2) is 8.65. The van der Waals surface area contributed by atoms with Crippen molar-refractivity contribution in [1.29, 1.82) is 0 Å². The average molecular weight is 322 g/mol. The van der Waals surface area contributed by atoms with Gasteiger partial charge in [-0.25, -0.2) is 0 Å². The lowest BCUT2D eigenvalue weighted by atomic mass is 9.92. The third kappa shape index (κ3) is 4.93. The van der Waals surface area contributed by atoms with Crippen LogP contribution in [0.15, 0.2) is 60.7 Å². The Morgan fingerprint density at radius 2 is 1.79 bits per heavy atom. The normalized spacial score (nSPS) is 18.2. The Hall–Kier alpha value is -2.13. The molecule has 2 N–H and O–H groups in total. The Balaban J connectivity index is 1.60. The first kappa shape index (κ1) is 16.7. The second-order valence-electron chi connectivity index (χ2n) is 6.60. The molecule has 3 nitrogen and oxygen atoms in total. The van der Waals surface area contributed by atoms with Gasteiger partial charge in [0.15, 0.2) is 0 Å². The molecule has 2 unspecified atom stereocenters. The number of carbonyl (C=O) groups is 1. The number of rotatable bonds is 7. The molecule has 3 heteroatoms. The SMILES string of the molecule is O=C(CC1CCCN1)NCC(Cc1ccccc1)c1ccccc1. The predicted molar refractivity (Wildman–Crippen MR) is 98.0 cm³/mol. The largest absolute Gasteiger partial charge is 0.355 e. The van der Waals surface area contributed by atoms with E-state index in [4.69, 9.17) is 0 Å². The quantitative estimate of drug-likeness (QED) is 0.821. The molecule has 1 aliphatic rings. The minimum Gasteiger partial charge on any atom is -0.355 e. The highest BCUT2D eigenvalue weighted by Gasteiger charge is 2.19. The van der Waals surface area contributed by atoms with E-state index in [0.717, 1.165) is 19.4 Å². The molecule has 2 aromatic rings. The van der Waals surface area contributed by atoms with Crippen LogP contribution in [0, 0.1) is 0 Å². The van der Waals surface area contributed by atoms with Gasteiger partial charge in [-0.15, -0.1) is 0 Å². The van der Waals surface area contributed by atoms with Crippen LogP contribution in [0.25, 0.3) is 0 Å². The fourth-order valence-corrected chi connectivity index (χ4v) is 3.40. The molecule has 1 amide bonds. The first-order valence-corrected chi connectivity index (χ1v) is 8.90. The first-order chi connectivity index (χ1) is 11.8. The number of hydrogen-bond acceptors (Lipinski definition) is 2. The lowest BCUT2D eigenvalue weighted by molar-refractivity contribution is -0.121. The van der Waals surface area contributed by atoms with Crippen LogP contribution in [0.1, 0.15) is 36.3 Å². The van der Waals surface area contributed by atoms with Gasteiger partial charge in [0.2, 0.25) is 5.91 Å². The molecular weight excluding hydrogens is 296 g/mol. The standard InChI is InChI=1S/C21H26N2O/c24-21(15-20-12-7-13-22-20)23-16-19(18-10-5-2-6-11-18)14-17-8-3-1-4-9-17/h1-6,8-11,19-20,22H,7,12-16H2,(H,23,24). The van der Waals surface area contributed by atoms with Crippen LogP contribution < -0.4 is 10.6 Å². The molecule has 0 spiro atoms. The van der Waals surface area contributed by atoms with Crippen molar-refractivity contribution in [3.63, 3.8) is 0 Å². The molecule has 126 valence electrons. The highest BCUT2D eigenvalue weighted by atomic mass is 16.1. The van der Waals surface area contributed by atoms with Gasteiger partial charge in [-0.2, -0.15) is 0 Å². The third-order valence-corrected chi connectivity index (χ3v) is 4.74. The molecule has 1 saturated heterocycles. The second-order valence-corrected chi connectivity index (χ2v) is 6.60. The van der Waals surface area contributed by atoms with Crippen molar-refractivity contribution < 1.29 is 4.79 Å². The molecule has 2 aromatic carbocycles. The molecular formula is C21H26N2O. The fraction of sp³-hybridized carbons (Fsp3) is 0.381. The lowest BCUT2D eigenvalue weighted by Gasteiger charge is -2.19. The van der Waals surface area contributed by atoms with E-state index in [0.29, 0.717) is 24.9 Å². The van der Waals surface area contributed by atoms with Gasteiger partial charge in [-0.1, -0.05) is 60.7 Å². The maximum absolute atomic E-state index is 12.2. The van der Waals surface area contributed by atoms with Gasteiger partial charge in [-0.05, 0) is 36.9 Å². The van der Waals surface area contributed by atoms with E-state index in [9.17, 15) is 4.79 Å². The number of hydrogen-bond donors (Lipinski definition) is 2. The number of benzene rings is 2. The van der Waals surface area contributed by atoms with Gasteiger partial charge in [0.25, 0.3) is 0 Å². The first-order valence-electron chi connectivity index (χ1n) is 8.90. The highest BCUT2D eigenvalue weighted by molar-refractivity contribution is 5.76. The summed E-state index contributed by atoms with van der Waals surface area (Å²) in [5, 5.41) is 6.54. The Labute approximate surface area is 144 Å². The van der Waals surface area contributed by atoms with E-state index >= 15 is 0 Å². The summed E-state index contributed by atoms with van der Waals surface area (Å²) in [7, 11) is 0. The van der Waals surface area contributed by atoms with Crippen molar-refractivity contribution in [2.75, 3.05) is 13.1 Å². The Morgan fingerprint density at radius 3 is 2.46 bits per heavy atom. The van der Waals surface area contributed by atoms with Crippen molar-refractivity contribution in [2.24, 2.45) is 0 Å². The van der Waals surface area contributed by atoms with Crippen LogP contribution in [0.3, 0.4) is 0 Å². The van der Waals surface area contributed by atoms with E-state index in [2.05, 4.69) is 59.2 Å². The molecule has 1 aliphatic heterocycles. The number of nitrogens with one attached hydrogen (secondary N) is 2. The van der Waals surface area contributed by atoms with Crippen LogP contribution in [0.5, 0.6) is 0 Å². The third-order valence-electron chi connectivity index (χ3n) is 4.74. The van der Waals surface area contributed by atoms with Crippen molar-refractivity contribution in [3.8, 4) is 0 Å². The Bertz CT molecular complexity index is 621. The van der Waals surface area contributed by atoms with Gasteiger partial charge >= 0.3 is 0 Å². The summed E-state index contributed by atoms with van der Waals surface area (Å²) in [6, 6.07) is 21.3. The summed E-state index contributed by atoms with van der Waals surface area (Å²) in [5.41, 5.74) is 2.58. The van der Waals surface area contributed by atoms with Crippen LogP contribution in [0.4, 0.5) is 0 Å². The van der Waals surface area contributed by atoms with E-state index in [-0.39, 0.29) is 5.91 Å². The van der Waals surface area contributed by atoms with Gasteiger partial charge in [0, 0.05) is 24.9 Å². The van der Waals surface area contributed by atoms with Crippen molar-refractivity contribution in [2.45, 2.75) is 37.6 Å². The van der Waals surface area contributed by atoms with Gasteiger partial charge < -0.3 is 10.6 Å². The maximum atomic E-state index is 12.2. The minimum absolute atomic E-state index is 0.156. The van der Waals surface area contributed by atoms with Crippen molar-refractivity contribution >= 4 is 5.91 Å². The smallest absolute Gasteiger partial charge is 0.221 e. The molecule has 2 atom stereocenters. The summed E-state index contributed by atoms with van der Waals surface area (Å²) >= 11 is 0. The van der Waals surface area contributed by atoms with Crippen molar-refractivity contribution in [3.05, 3.63) is 71.8 Å². The van der Waals surface area contributed by atoms with Crippen LogP contribution in [-0.2, 0) is 11.2 Å². The minimum atomic E-state index is 0.156. The lowest BCUT2D eigenvalue weighted by Crippen LogP contribution is -2.34. The highest BCUT2D eigenvalue weighted by Crippen LogP contribution is 2.20. The van der Waals surface area contributed by atoms with Gasteiger partial charge in [0.05, 0.1) is 0 Å². The predicted octanol–water partition coefficient (Wildman–Crippen LogP) is 3.27. The molecule has 0 aromatic heterocycles. The molecule has 1 fully saturated rings. The zero-order valence-electron chi connectivity index (χ0n) is 14.1. The Kier molecular flexibility index (Phi) is 6.02. The van der Waals surface area contributed by atoms with Crippen LogP contribution in [0.2, 0.25) is 0 Å². The maximum Gasteiger partial charge on any atom is 0.221 e. The molecule has 1 heterocycles. The summed E-state index contributed by atoms with van der Waals surface area (Å²) < 4.78 is 0. The van der Waals surface area contributed by atoms with E-state index in [1.165, 1.54) is 17.5 Å². The topological polar surface area (TPSA) is 41.1 Å². The van der Waals surface area contributed by atoms with Crippen LogP contribution >= 0.6 is 0 Å². The van der Waals surface area contributed by atoms with E-state index in [1.807, 2.05) is 12.1 Å². The molecule has 0 aliphatic carbocycles. The molecule has 0 radical (unpaired) electrons. The zero-order chi connectivity index (χ0) is 16.6. The van der Waals surface area contributed by atoms with E-state index in [1.54, 1.807) is 0 Å². The molecule has 24 heavy (non-hydrogen) atoms. The van der Waals surface area contributed by atoms with E-state index < -0.39 is 0 Å². The van der Waals surface area contributed by atoms with Gasteiger partial charge in [0.1, 0.15) is 0 Å². The zero-order valence-corrected chi connectivity index (χ0v) is 14.1. The van der Waals surface area contributed by atoms with Crippen molar-refractivity contribution in [1.82, 2.24) is 10.6 Å². The number of amides is 1. The van der Waals surface area contributed by atoms with Gasteiger partial charge in [-0.3, -0.25) is 4.79 Å². The number of carbonyl (C=O) groups excluding carboxylic acids is 1. The van der Waals surface area contributed by atoms with Crippen LogP contribution in [-0.4, -0.2) is 25.0 Å². The monoisotopic (exact) mass is 322 g/mol. The molecule has 3 rings (SSSR count). The Morgan fingerprint density at radius 1 is 1.08 bits per heavy atom. The molecule has 0 bridgehead atoms. The summed E-state index contributed by atoms with van der Waals surface area (Å²) in [6.07, 6.45) is 3.82. The molecule has 0 saturated carbocycles. The summed E-state index contributed by atoms with van der Waals surface area (Å²) in [4.78, 5) is 12.2. The summed E-state index contributed by atoms with van der Waals surface area (Å²) in [6.45, 7) is 1.73.